The fraction of sp³-hybridized carbons (Fsp3) is 0.364. The lowest BCUT2D eigenvalue weighted by Crippen LogP contribution is -2.51. The number of carbonyl (C=O) groups excluding carboxylic acids is 2. The van der Waals surface area contributed by atoms with Crippen LogP contribution in [0.3, 0.4) is 0 Å². The summed E-state index contributed by atoms with van der Waals surface area (Å²) in [6.07, 6.45) is -0.678. The van der Waals surface area contributed by atoms with E-state index in [1.807, 2.05) is 67.6 Å². The topological polar surface area (TPSA) is 64.6 Å². The average Bonchev–Trinajstić information content (AvgIpc) is 2.70. The van der Waals surface area contributed by atoms with Crippen LogP contribution in [0, 0.1) is 0 Å². The molecule has 0 saturated carbocycles. The number of rotatable bonds is 6. The summed E-state index contributed by atoms with van der Waals surface area (Å²) in [5.41, 5.74) is -1.09. The molecule has 1 unspecified atom stereocenters. The van der Waals surface area contributed by atoms with E-state index in [1.54, 1.807) is 20.8 Å². The van der Waals surface area contributed by atoms with Crippen LogP contribution in [0.2, 0.25) is 0 Å². The highest BCUT2D eigenvalue weighted by molar-refractivity contribution is 8.22. The van der Waals surface area contributed by atoms with Crippen LogP contribution in [-0.2, 0) is 26.1 Å². The van der Waals surface area contributed by atoms with Gasteiger partial charge in [-0.3, -0.25) is 0 Å². The number of hydrogen-bond acceptors (Lipinski definition) is 5. The average molecular weight is 434 g/mol. The van der Waals surface area contributed by atoms with E-state index in [0.29, 0.717) is 0 Å². The fourth-order valence-electron chi connectivity index (χ4n) is 3.07. The molecule has 0 saturated heterocycles. The van der Waals surface area contributed by atoms with Crippen LogP contribution >= 0.6 is 6.04 Å². The molecule has 0 spiro atoms. The van der Waals surface area contributed by atoms with E-state index in [-0.39, 0.29) is 0 Å². The van der Waals surface area contributed by atoms with Crippen molar-refractivity contribution in [2.75, 3.05) is 7.11 Å². The SMILES string of the molecule is COC(=O)[C@@H](NC(=O)OC(C)(C)C)C(C)P(=S)(c1ccccc1)c1ccccc1. The molecule has 0 heterocycles. The second kappa shape index (κ2) is 9.55. The van der Waals surface area contributed by atoms with E-state index in [0.717, 1.165) is 10.6 Å². The van der Waals surface area contributed by atoms with Crippen LogP contribution in [0.15, 0.2) is 60.7 Å². The zero-order valence-corrected chi connectivity index (χ0v) is 19.1. The largest absolute Gasteiger partial charge is 0.467 e. The van der Waals surface area contributed by atoms with Crippen LogP contribution in [0.1, 0.15) is 27.7 Å². The molecule has 2 atom stereocenters. The first-order chi connectivity index (χ1) is 13.6. The first kappa shape index (κ1) is 23.1. The Kier molecular flexibility index (Phi) is 7.61. The third-order valence-corrected chi connectivity index (χ3v) is 10.3. The van der Waals surface area contributed by atoms with E-state index in [1.165, 1.54) is 7.11 Å². The Labute approximate surface area is 177 Å². The van der Waals surface area contributed by atoms with Gasteiger partial charge in [0, 0.05) is 11.7 Å². The Bertz CT molecular complexity index is 837. The van der Waals surface area contributed by atoms with Crippen molar-refractivity contribution in [3.63, 3.8) is 0 Å². The van der Waals surface area contributed by atoms with Gasteiger partial charge in [0.15, 0.2) is 0 Å². The summed E-state index contributed by atoms with van der Waals surface area (Å²) in [4.78, 5) is 25.1. The second-order valence-electron chi connectivity index (χ2n) is 7.72. The molecule has 156 valence electrons. The number of esters is 1. The van der Waals surface area contributed by atoms with Crippen molar-refractivity contribution in [1.82, 2.24) is 5.32 Å². The van der Waals surface area contributed by atoms with Gasteiger partial charge in [-0.25, -0.2) is 9.59 Å². The van der Waals surface area contributed by atoms with E-state index in [4.69, 9.17) is 21.3 Å². The highest BCUT2D eigenvalue weighted by Crippen LogP contribution is 2.50. The van der Waals surface area contributed by atoms with Crippen LogP contribution in [0.25, 0.3) is 0 Å². The first-order valence-electron chi connectivity index (χ1n) is 9.38. The van der Waals surface area contributed by atoms with E-state index >= 15 is 0 Å². The minimum absolute atomic E-state index is 0.401. The molecule has 2 aromatic carbocycles. The van der Waals surface area contributed by atoms with Crippen molar-refractivity contribution in [3.8, 4) is 0 Å². The van der Waals surface area contributed by atoms with Crippen molar-refractivity contribution in [2.45, 2.75) is 45.0 Å². The number of amides is 1. The van der Waals surface area contributed by atoms with Crippen molar-refractivity contribution < 1.29 is 19.1 Å². The Hall–Kier alpha value is -2.17. The summed E-state index contributed by atoms with van der Waals surface area (Å²) in [6.45, 7) is 7.18. The third-order valence-electron chi connectivity index (χ3n) is 4.46. The lowest BCUT2D eigenvalue weighted by atomic mass is 10.2. The summed E-state index contributed by atoms with van der Waals surface area (Å²) in [7, 11) is 1.30. The number of ether oxygens (including phenoxy) is 2. The molecule has 29 heavy (non-hydrogen) atoms. The predicted octanol–water partition coefficient (Wildman–Crippen LogP) is 3.57. The van der Waals surface area contributed by atoms with Gasteiger partial charge >= 0.3 is 12.1 Å². The van der Waals surface area contributed by atoms with Gasteiger partial charge in [0.1, 0.15) is 11.6 Å². The Morgan fingerprint density at radius 2 is 1.41 bits per heavy atom. The summed E-state index contributed by atoms with van der Waals surface area (Å²) in [5.74, 6) is -0.551. The normalized spacial score (nSPS) is 13.8. The molecule has 0 aliphatic heterocycles. The molecule has 0 aliphatic carbocycles. The van der Waals surface area contributed by atoms with Gasteiger partial charge in [-0.1, -0.05) is 79.4 Å². The maximum atomic E-state index is 12.6. The molecule has 5 nitrogen and oxygen atoms in total. The monoisotopic (exact) mass is 433 g/mol. The number of nitrogens with one attached hydrogen (secondary N) is 1. The van der Waals surface area contributed by atoms with Crippen molar-refractivity contribution in [2.24, 2.45) is 0 Å². The van der Waals surface area contributed by atoms with Gasteiger partial charge in [0.2, 0.25) is 0 Å². The molecular formula is C22H28NO4PS. The number of alkyl carbamates (subject to hydrolysis) is 1. The highest BCUT2D eigenvalue weighted by Gasteiger charge is 2.40. The van der Waals surface area contributed by atoms with Crippen LogP contribution in [0.4, 0.5) is 4.79 Å². The quantitative estimate of drug-likeness (QED) is 0.557. The molecule has 0 aliphatic rings. The minimum Gasteiger partial charge on any atom is -0.467 e. The zero-order chi connectivity index (χ0) is 21.7. The molecule has 2 rings (SSSR count). The number of benzene rings is 2. The lowest BCUT2D eigenvalue weighted by Gasteiger charge is -2.34. The summed E-state index contributed by atoms with van der Waals surface area (Å²) < 4.78 is 10.4. The Balaban J connectivity index is 2.51. The Morgan fingerprint density at radius 1 is 0.966 bits per heavy atom. The highest BCUT2D eigenvalue weighted by atomic mass is 32.4. The molecule has 0 bridgehead atoms. The molecule has 0 aromatic heterocycles. The number of methoxy groups -OCH3 is 1. The van der Waals surface area contributed by atoms with E-state index < -0.39 is 35.4 Å². The van der Waals surface area contributed by atoms with Gasteiger partial charge < -0.3 is 14.8 Å². The van der Waals surface area contributed by atoms with E-state index in [9.17, 15) is 9.59 Å². The predicted molar refractivity (Wildman–Crippen MR) is 121 cm³/mol. The molecule has 0 radical (unpaired) electrons. The summed E-state index contributed by atoms with van der Waals surface area (Å²) in [5, 5.41) is 4.63. The van der Waals surface area contributed by atoms with Crippen molar-refractivity contribution in [1.29, 1.82) is 0 Å². The van der Waals surface area contributed by atoms with Crippen LogP contribution in [-0.4, -0.2) is 36.5 Å². The van der Waals surface area contributed by atoms with Gasteiger partial charge in [0.05, 0.1) is 7.11 Å². The molecule has 1 amide bonds. The van der Waals surface area contributed by atoms with Crippen molar-refractivity contribution in [3.05, 3.63) is 60.7 Å². The van der Waals surface area contributed by atoms with Gasteiger partial charge in [0.25, 0.3) is 0 Å². The number of hydrogen-bond donors (Lipinski definition) is 1. The second-order valence-corrected chi connectivity index (χ2v) is 12.6. The maximum Gasteiger partial charge on any atom is 0.408 e. The van der Waals surface area contributed by atoms with Crippen LogP contribution in [0.5, 0.6) is 0 Å². The molecular weight excluding hydrogens is 405 g/mol. The lowest BCUT2D eigenvalue weighted by molar-refractivity contribution is -0.143. The molecule has 7 heteroatoms. The number of carbonyl (C=O) groups is 2. The molecule has 2 aromatic rings. The van der Waals surface area contributed by atoms with Crippen LogP contribution < -0.4 is 15.9 Å². The third kappa shape index (κ3) is 5.68. The standard InChI is InChI=1S/C22H28NO4PS/c1-16(19(20(24)26-5)23-21(25)27-22(2,3)4)28(29,17-12-8-6-9-13-17)18-14-10-7-11-15-18/h6-16,19H,1-5H3,(H,23,25)/t16?,19-/m0/s1. The van der Waals surface area contributed by atoms with E-state index in [2.05, 4.69) is 5.32 Å². The molecule has 0 fully saturated rings. The zero-order valence-electron chi connectivity index (χ0n) is 17.4. The minimum atomic E-state index is -2.48. The van der Waals surface area contributed by atoms with Crippen molar-refractivity contribution >= 4 is 40.5 Å². The summed E-state index contributed by atoms with van der Waals surface area (Å²) in [6, 6.07) is 16.1. The first-order valence-corrected chi connectivity index (χ1v) is 12.2. The Morgan fingerprint density at radius 3 is 1.79 bits per heavy atom. The molecule has 1 N–H and O–H groups in total. The smallest absolute Gasteiger partial charge is 0.408 e. The summed E-state index contributed by atoms with van der Waals surface area (Å²) >= 11 is 6.27. The van der Waals surface area contributed by atoms with Gasteiger partial charge in [-0.05, 0) is 31.4 Å². The maximum absolute atomic E-state index is 12.6. The van der Waals surface area contributed by atoms with Gasteiger partial charge in [-0.15, -0.1) is 0 Å². The van der Waals surface area contributed by atoms with Gasteiger partial charge in [-0.2, -0.15) is 0 Å². The fourth-order valence-corrected chi connectivity index (χ4v) is 7.25.